The molecule has 1 unspecified atom stereocenters. The molecule has 41 heavy (non-hydrogen) atoms. The molecule has 12 nitrogen and oxygen atoms in total. The van der Waals surface area contributed by atoms with Gasteiger partial charge in [-0.25, -0.2) is 0 Å². The number of methoxy groups -OCH3 is 1. The molecule has 1 saturated heterocycles. The van der Waals surface area contributed by atoms with Crippen molar-refractivity contribution in [2.75, 3.05) is 47.5 Å². The second-order valence-electron chi connectivity index (χ2n) is 11.5. The number of likely N-dealkylation sites (N-methyl/N-ethyl adjacent to an activating group) is 1. The lowest BCUT2D eigenvalue weighted by Crippen LogP contribution is -2.63. The second kappa shape index (κ2) is 10.4. The monoisotopic (exact) mass is 571 g/mol. The third kappa shape index (κ3) is 4.15. The number of rotatable bonds is 6. The fourth-order valence-corrected chi connectivity index (χ4v) is 7.29. The van der Waals surface area contributed by atoms with E-state index in [1.54, 1.807) is 14.1 Å². The molecule has 1 amide bonds. The Morgan fingerprint density at radius 3 is 2.59 bits per heavy atom. The summed E-state index contributed by atoms with van der Waals surface area (Å²) in [6, 6.07) is 0.217. The van der Waals surface area contributed by atoms with Gasteiger partial charge in [-0.05, 0) is 51.9 Å². The van der Waals surface area contributed by atoms with Gasteiger partial charge in [0, 0.05) is 29.2 Å². The van der Waals surface area contributed by atoms with Crippen LogP contribution in [0.15, 0.2) is 28.7 Å². The minimum atomic E-state index is -2.68. The fraction of sp³-hybridized carbons (Fsp3) is 0.552. The molecule has 5 atom stereocenters. The number of phenolic OH excluding ortho intramolecular Hbond substituents is 1. The van der Waals surface area contributed by atoms with E-state index in [1.807, 2.05) is 0 Å². The normalized spacial score (nSPS) is 30.3. The second-order valence-corrected chi connectivity index (χ2v) is 11.5. The van der Waals surface area contributed by atoms with Crippen LogP contribution >= 0.6 is 0 Å². The summed E-state index contributed by atoms with van der Waals surface area (Å²) in [6.45, 7) is 4.55. The maximum atomic E-state index is 14.0. The third-order valence-electron chi connectivity index (χ3n) is 9.01. The standard InChI is InChI=1S/C29H37N3O9/c1-5-6-32-7-8-41-12-17(32)14-11-18(33)20-15(25(14)40-4)9-13-10-16-22(31(2)3)24(35)21(28(30)38)27(37)29(16,39)26(36)19(13)23(20)34/h11,13,16-17,22,33,35-36,39H,5-10,12H2,1-4H3,(H2,30,38)/t13-,16-,17?,22-,29-/m0/s1. The van der Waals surface area contributed by atoms with E-state index in [9.17, 15) is 34.8 Å². The first kappa shape index (κ1) is 29.1. The molecule has 1 fully saturated rings. The molecule has 0 radical (unpaired) electrons. The van der Waals surface area contributed by atoms with Crippen LogP contribution in [-0.4, -0.2) is 107 Å². The van der Waals surface area contributed by atoms with Gasteiger partial charge in [0.1, 0.15) is 28.6 Å². The number of nitrogens with zero attached hydrogens (tertiary/aromatic N) is 2. The van der Waals surface area contributed by atoms with Crippen molar-refractivity contribution < 1.29 is 44.3 Å². The maximum absolute atomic E-state index is 14.0. The van der Waals surface area contributed by atoms with E-state index < -0.39 is 58.0 Å². The zero-order chi connectivity index (χ0) is 30.0. The van der Waals surface area contributed by atoms with E-state index in [-0.39, 0.29) is 35.8 Å². The van der Waals surface area contributed by atoms with Crippen molar-refractivity contribution >= 4 is 17.5 Å². The lowest BCUT2D eigenvalue weighted by molar-refractivity contribution is -0.148. The summed E-state index contributed by atoms with van der Waals surface area (Å²) in [5.41, 5.74) is 2.73. The van der Waals surface area contributed by atoms with Crippen molar-refractivity contribution in [2.45, 2.75) is 43.9 Å². The number of amides is 1. The van der Waals surface area contributed by atoms with E-state index in [1.165, 1.54) is 18.1 Å². The summed E-state index contributed by atoms with van der Waals surface area (Å²) in [6.07, 6.45) is 1.08. The number of carbonyl (C=O) groups is 3. The highest BCUT2D eigenvalue weighted by atomic mass is 16.5. The Kier molecular flexibility index (Phi) is 7.39. The minimum absolute atomic E-state index is 0.00834. The molecule has 0 aromatic heterocycles. The Morgan fingerprint density at radius 2 is 1.98 bits per heavy atom. The number of aromatic hydroxyl groups is 1. The number of allylic oxidation sites excluding steroid dienone is 1. The smallest absolute Gasteiger partial charge is 0.255 e. The number of ether oxygens (including phenoxy) is 2. The minimum Gasteiger partial charge on any atom is -0.510 e. The van der Waals surface area contributed by atoms with E-state index in [4.69, 9.17) is 15.2 Å². The molecular weight excluding hydrogens is 534 g/mol. The van der Waals surface area contributed by atoms with Crippen LogP contribution in [0.3, 0.4) is 0 Å². The summed E-state index contributed by atoms with van der Waals surface area (Å²) in [5, 5.41) is 45.3. The molecule has 4 aliphatic rings. The maximum Gasteiger partial charge on any atom is 0.255 e. The number of aliphatic hydroxyl groups is 3. The quantitative estimate of drug-likeness (QED) is 0.306. The molecule has 1 heterocycles. The number of hydrogen-bond acceptors (Lipinski definition) is 11. The van der Waals surface area contributed by atoms with Gasteiger partial charge in [0.15, 0.2) is 11.4 Å². The lowest BCUT2D eigenvalue weighted by Gasteiger charge is -2.50. The van der Waals surface area contributed by atoms with Crippen molar-refractivity contribution in [3.63, 3.8) is 0 Å². The van der Waals surface area contributed by atoms with Crippen LogP contribution in [0.4, 0.5) is 0 Å². The van der Waals surface area contributed by atoms with E-state index in [2.05, 4.69) is 11.8 Å². The summed E-state index contributed by atoms with van der Waals surface area (Å²) in [4.78, 5) is 43.3. The summed E-state index contributed by atoms with van der Waals surface area (Å²) in [5.74, 6) is -6.43. The highest BCUT2D eigenvalue weighted by molar-refractivity contribution is 6.24. The highest BCUT2D eigenvalue weighted by Crippen LogP contribution is 2.54. The molecule has 0 bridgehead atoms. The molecule has 0 spiro atoms. The van der Waals surface area contributed by atoms with Crippen LogP contribution < -0.4 is 10.5 Å². The number of benzene rings is 1. The number of fused-ring (bicyclic) bond motifs is 3. The number of Topliss-reactive ketones (excluding diaryl/α,β-unsaturated/α-hetero) is 2. The van der Waals surface area contributed by atoms with Gasteiger partial charge >= 0.3 is 0 Å². The predicted molar refractivity (Wildman–Crippen MR) is 146 cm³/mol. The molecular formula is C29H37N3O9. The Bertz CT molecular complexity index is 1380. The molecule has 1 aliphatic heterocycles. The van der Waals surface area contributed by atoms with Gasteiger partial charge in [-0.2, -0.15) is 0 Å². The molecule has 6 N–H and O–H groups in total. The number of primary amides is 1. The number of carbonyl (C=O) groups excluding carboxylic acids is 3. The van der Waals surface area contributed by atoms with Gasteiger partial charge in [0.25, 0.3) is 5.91 Å². The van der Waals surface area contributed by atoms with Gasteiger partial charge in [-0.1, -0.05) is 6.92 Å². The zero-order valence-electron chi connectivity index (χ0n) is 23.6. The van der Waals surface area contributed by atoms with Gasteiger partial charge in [0.2, 0.25) is 5.78 Å². The SMILES string of the molecule is CCCN1CCOCC1c1cc(O)c2c(c1OC)C[C@H]1C[C@H]3[C@H](N(C)C)C(O)=C(C(N)=O)C(=O)[C@@]3(O)C(O)=C1C2=O. The van der Waals surface area contributed by atoms with Crippen LogP contribution in [-0.2, 0) is 20.7 Å². The highest BCUT2D eigenvalue weighted by Gasteiger charge is 2.63. The molecule has 1 aromatic rings. The van der Waals surface area contributed by atoms with Crippen LogP contribution in [0.1, 0.15) is 47.3 Å². The lowest BCUT2D eigenvalue weighted by atomic mass is 9.58. The van der Waals surface area contributed by atoms with E-state index >= 15 is 0 Å². The van der Waals surface area contributed by atoms with Gasteiger partial charge in [-0.15, -0.1) is 0 Å². The average Bonchev–Trinajstić information content (AvgIpc) is 2.90. The first-order valence-corrected chi connectivity index (χ1v) is 13.8. The Labute approximate surface area is 237 Å². The number of hydrogen-bond donors (Lipinski definition) is 5. The zero-order valence-corrected chi connectivity index (χ0v) is 23.6. The largest absolute Gasteiger partial charge is 0.510 e. The van der Waals surface area contributed by atoms with Crippen LogP contribution in [0, 0.1) is 11.8 Å². The number of morpholine rings is 1. The van der Waals surface area contributed by atoms with Crippen molar-refractivity contribution in [3.8, 4) is 11.5 Å². The Morgan fingerprint density at radius 1 is 1.27 bits per heavy atom. The van der Waals surface area contributed by atoms with Crippen LogP contribution in [0.5, 0.6) is 11.5 Å². The number of phenols is 1. The Hall–Kier alpha value is -3.45. The topological polar surface area (TPSA) is 183 Å². The third-order valence-corrected chi connectivity index (χ3v) is 9.01. The van der Waals surface area contributed by atoms with Crippen molar-refractivity contribution in [1.29, 1.82) is 0 Å². The molecule has 1 aromatic carbocycles. The first-order chi connectivity index (χ1) is 19.4. The van der Waals surface area contributed by atoms with E-state index in [0.29, 0.717) is 36.6 Å². The van der Waals surface area contributed by atoms with E-state index in [0.717, 1.165) is 13.0 Å². The Balaban J connectivity index is 1.68. The molecule has 3 aliphatic carbocycles. The fourth-order valence-electron chi connectivity index (χ4n) is 7.29. The van der Waals surface area contributed by atoms with Gasteiger partial charge < -0.3 is 35.6 Å². The van der Waals surface area contributed by atoms with Gasteiger partial charge in [-0.3, -0.25) is 24.2 Å². The molecule has 222 valence electrons. The average molecular weight is 572 g/mol. The molecule has 0 saturated carbocycles. The number of ketones is 2. The molecule has 5 rings (SSSR count). The predicted octanol–water partition coefficient (Wildman–Crippen LogP) is 0.913. The number of aliphatic hydroxyl groups excluding tert-OH is 2. The summed E-state index contributed by atoms with van der Waals surface area (Å²) < 4.78 is 11.6. The summed E-state index contributed by atoms with van der Waals surface area (Å²) in [7, 11) is 4.68. The van der Waals surface area contributed by atoms with Crippen molar-refractivity contribution in [2.24, 2.45) is 17.6 Å². The van der Waals surface area contributed by atoms with Crippen molar-refractivity contribution in [1.82, 2.24) is 9.80 Å². The molecule has 12 heteroatoms. The number of nitrogens with two attached hydrogens (primary N) is 1. The van der Waals surface area contributed by atoms with Crippen LogP contribution in [0.2, 0.25) is 0 Å². The summed E-state index contributed by atoms with van der Waals surface area (Å²) >= 11 is 0. The first-order valence-electron chi connectivity index (χ1n) is 13.8. The van der Waals surface area contributed by atoms with Gasteiger partial charge in [0.05, 0.1) is 38.0 Å². The van der Waals surface area contributed by atoms with Crippen molar-refractivity contribution in [3.05, 3.63) is 45.4 Å². The van der Waals surface area contributed by atoms with Crippen LogP contribution in [0.25, 0.3) is 0 Å².